The van der Waals surface area contributed by atoms with Gasteiger partial charge >= 0.3 is 0 Å². The topological polar surface area (TPSA) is 88.9 Å². The maximum absolute atomic E-state index is 11.7. The van der Waals surface area contributed by atoms with Gasteiger partial charge in [-0.05, 0) is 12.8 Å². The Labute approximate surface area is 129 Å². The van der Waals surface area contributed by atoms with Gasteiger partial charge in [-0.1, -0.05) is 0 Å². The highest BCUT2D eigenvalue weighted by Crippen LogP contribution is 2.27. The summed E-state index contributed by atoms with van der Waals surface area (Å²) < 4.78 is 25.0. The van der Waals surface area contributed by atoms with Gasteiger partial charge < -0.3 is 0 Å². The average Bonchev–Trinajstić information content (AvgIpc) is 2.55. The Hall–Kier alpha value is -1.93. The number of rotatable bonds is 3. The van der Waals surface area contributed by atoms with Crippen molar-refractivity contribution in [1.82, 2.24) is 24.2 Å². The number of aromatic nitrogens is 4. The maximum Gasteiger partial charge on any atom is 0.211 e. The Balaban J connectivity index is 1.86. The second-order valence-electron chi connectivity index (χ2n) is 5.42. The highest BCUT2D eigenvalue weighted by atomic mass is 32.2. The Morgan fingerprint density at radius 1 is 1.14 bits per heavy atom. The van der Waals surface area contributed by atoms with E-state index >= 15 is 0 Å². The van der Waals surface area contributed by atoms with Crippen molar-refractivity contribution in [2.24, 2.45) is 0 Å². The predicted molar refractivity (Wildman–Crippen MR) is 81.4 cm³/mol. The fourth-order valence-electron chi connectivity index (χ4n) is 2.63. The summed E-state index contributed by atoms with van der Waals surface area (Å²) in [5.74, 6) is 0.0700. The van der Waals surface area contributed by atoms with E-state index in [1.54, 1.807) is 24.8 Å². The molecule has 0 bridgehead atoms. The van der Waals surface area contributed by atoms with E-state index in [-0.39, 0.29) is 5.92 Å². The van der Waals surface area contributed by atoms with Crippen molar-refractivity contribution in [3.05, 3.63) is 36.8 Å². The first kappa shape index (κ1) is 15.0. The van der Waals surface area contributed by atoms with Crippen LogP contribution in [0.15, 0.2) is 31.1 Å². The van der Waals surface area contributed by atoms with Crippen molar-refractivity contribution in [3.63, 3.8) is 0 Å². The summed E-state index contributed by atoms with van der Waals surface area (Å²) in [6, 6.07) is 0. The van der Waals surface area contributed by atoms with Crippen molar-refractivity contribution in [2.45, 2.75) is 18.8 Å². The first-order chi connectivity index (χ1) is 10.5. The molecule has 3 heterocycles. The Morgan fingerprint density at radius 2 is 1.91 bits per heavy atom. The monoisotopic (exact) mass is 319 g/mol. The molecule has 1 aliphatic rings. The zero-order valence-corrected chi connectivity index (χ0v) is 13.1. The number of piperidine rings is 1. The second-order valence-corrected chi connectivity index (χ2v) is 7.40. The SMILES string of the molecule is CS(=O)(=O)N1CCC[C@H](c2cncc(-c3cncnc3)n2)C1. The van der Waals surface area contributed by atoms with Crippen molar-refractivity contribution in [1.29, 1.82) is 0 Å². The predicted octanol–water partition coefficient (Wildman–Crippen LogP) is 1.07. The van der Waals surface area contributed by atoms with Gasteiger partial charge in [-0.2, -0.15) is 0 Å². The third-order valence-electron chi connectivity index (χ3n) is 3.78. The summed E-state index contributed by atoms with van der Waals surface area (Å²) in [4.78, 5) is 16.8. The average molecular weight is 319 g/mol. The largest absolute Gasteiger partial charge is 0.261 e. The molecule has 2 aromatic heterocycles. The molecule has 0 radical (unpaired) electrons. The molecule has 1 atom stereocenters. The van der Waals surface area contributed by atoms with Gasteiger partial charge in [-0.25, -0.2) is 27.7 Å². The van der Waals surface area contributed by atoms with E-state index < -0.39 is 10.0 Å². The van der Waals surface area contributed by atoms with E-state index in [0.717, 1.165) is 24.1 Å². The van der Waals surface area contributed by atoms with Gasteiger partial charge in [-0.15, -0.1) is 0 Å². The molecule has 0 N–H and O–H groups in total. The van der Waals surface area contributed by atoms with E-state index in [1.165, 1.54) is 16.9 Å². The molecule has 1 fully saturated rings. The van der Waals surface area contributed by atoms with Crippen LogP contribution in [0.4, 0.5) is 0 Å². The lowest BCUT2D eigenvalue weighted by Crippen LogP contribution is -2.38. The lowest BCUT2D eigenvalue weighted by atomic mass is 9.96. The summed E-state index contributed by atoms with van der Waals surface area (Å²) >= 11 is 0. The Morgan fingerprint density at radius 3 is 2.64 bits per heavy atom. The van der Waals surface area contributed by atoms with Gasteiger partial charge in [0.25, 0.3) is 0 Å². The number of hydrogen-bond acceptors (Lipinski definition) is 6. The van der Waals surface area contributed by atoms with Crippen molar-refractivity contribution >= 4 is 10.0 Å². The van der Waals surface area contributed by atoms with Gasteiger partial charge in [0.1, 0.15) is 6.33 Å². The van der Waals surface area contributed by atoms with Gasteiger partial charge in [-0.3, -0.25) is 4.98 Å². The fourth-order valence-corrected chi connectivity index (χ4v) is 3.54. The number of sulfonamides is 1. The summed E-state index contributed by atoms with van der Waals surface area (Å²) in [7, 11) is -3.16. The van der Waals surface area contributed by atoms with E-state index in [1.807, 2.05) is 0 Å². The Bertz CT molecular complexity index is 751. The van der Waals surface area contributed by atoms with Crippen LogP contribution in [0.1, 0.15) is 24.5 Å². The van der Waals surface area contributed by atoms with Crippen LogP contribution in [0.3, 0.4) is 0 Å². The highest BCUT2D eigenvalue weighted by Gasteiger charge is 2.27. The molecule has 7 nitrogen and oxygen atoms in total. The van der Waals surface area contributed by atoms with E-state index in [0.29, 0.717) is 18.8 Å². The van der Waals surface area contributed by atoms with Crippen molar-refractivity contribution < 1.29 is 8.42 Å². The van der Waals surface area contributed by atoms with E-state index in [9.17, 15) is 8.42 Å². The molecule has 0 aliphatic carbocycles. The molecule has 1 saturated heterocycles. The molecule has 22 heavy (non-hydrogen) atoms. The second kappa shape index (κ2) is 6.05. The highest BCUT2D eigenvalue weighted by molar-refractivity contribution is 7.88. The molecule has 0 spiro atoms. The minimum absolute atomic E-state index is 0.0700. The smallest absolute Gasteiger partial charge is 0.211 e. The zero-order valence-electron chi connectivity index (χ0n) is 12.3. The van der Waals surface area contributed by atoms with Crippen LogP contribution >= 0.6 is 0 Å². The molecule has 8 heteroatoms. The summed E-state index contributed by atoms with van der Waals surface area (Å²) in [6.45, 7) is 1.04. The van der Waals surface area contributed by atoms with E-state index in [2.05, 4.69) is 19.9 Å². The van der Waals surface area contributed by atoms with Crippen LogP contribution in [0.2, 0.25) is 0 Å². The molecule has 0 aromatic carbocycles. The third-order valence-corrected chi connectivity index (χ3v) is 5.05. The molecular weight excluding hydrogens is 302 g/mol. The maximum atomic E-state index is 11.7. The van der Waals surface area contributed by atoms with Crippen LogP contribution in [0.5, 0.6) is 0 Å². The van der Waals surface area contributed by atoms with Gasteiger partial charge in [0.15, 0.2) is 0 Å². The van der Waals surface area contributed by atoms with Crippen molar-refractivity contribution in [2.75, 3.05) is 19.3 Å². The normalized spacial score (nSPS) is 20.0. The summed E-state index contributed by atoms with van der Waals surface area (Å²) in [5, 5.41) is 0. The summed E-state index contributed by atoms with van der Waals surface area (Å²) in [5.41, 5.74) is 2.32. The number of hydrogen-bond donors (Lipinski definition) is 0. The van der Waals surface area contributed by atoms with Crippen molar-refractivity contribution in [3.8, 4) is 11.3 Å². The van der Waals surface area contributed by atoms with Crippen LogP contribution in [0.25, 0.3) is 11.3 Å². The molecular formula is C14H17N5O2S. The standard InChI is InChI=1S/C14H17N5O2S/c1-22(20,21)19-4-2-3-11(9-19)13-7-15-8-14(18-13)12-5-16-10-17-6-12/h5-8,10-11H,2-4,9H2,1H3/t11-/m0/s1. The quantitative estimate of drug-likeness (QED) is 0.841. The Kier molecular flexibility index (Phi) is 4.12. The number of nitrogens with zero attached hydrogens (tertiary/aromatic N) is 5. The molecule has 3 rings (SSSR count). The molecule has 0 saturated carbocycles. The minimum atomic E-state index is -3.16. The van der Waals surface area contributed by atoms with Gasteiger partial charge in [0.05, 0.1) is 23.8 Å². The molecule has 2 aromatic rings. The molecule has 0 unspecified atom stereocenters. The lowest BCUT2D eigenvalue weighted by Gasteiger charge is -2.30. The summed E-state index contributed by atoms with van der Waals surface area (Å²) in [6.07, 6.45) is 11.2. The van der Waals surface area contributed by atoms with Crippen LogP contribution < -0.4 is 0 Å². The zero-order chi connectivity index (χ0) is 15.6. The van der Waals surface area contributed by atoms with E-state index in [4.69, 9.17) is 0 Å². The van der Waals surface area contributed by atoms with Crippen LogP contribution in [-0.2, 0) is 10.0 Å². The van der Waals surface area contributed by atoms with Crippen LogP contribution in [0, 0.1) is 0 Å². The first-order valence-corrected chi connectivity index (χ1v) is 8.91. The van der Waals surface area contributed by atoms with Gasteiger partial charge in [0, 0.05) is 43.2 Å². The minimum Gasteiger partial charge on any atom is -0.261 e. The fraction of sp³-hybridized carbons (Fsp3) is 0.429. The third kappa shape index (κ3) is 3.28. The lowest BCUT2D eigenvalue weighted by molar-refractivity contribution is 0.314. The van der Waals surface area contributed by atoms with Gasteiger partial charge in [0.2, 0.25) is 10.0 Å². The van der Waals surface area contributed by atoms with Crippen LogP contribution in [-0.4, -0.2) is 52.0 Å². The molecule has 1 aliphatic heterocycles. The first-order valence-electron chi connectivity index (χ1n) is 7.06. The molecule has 116 valence electrons. The molecule has 0 amide bonds.